The van der Waals surface area contributed by atoms with Gasteiger partial charge in [0.05, 0.1) is 17.4 Å². The number of fused-ring (bicyclic) bond motifs is 1. The van der Waals surface area contributed by atoms with Gasteiger partial charge in [-0.1, -0.05) is 13.5 Å². The molecule has 0 atom stereocenters. The van der Waals surface area contributed by atoms with Crippen LogP contribution in [-0.4, -0.2) is 9.55 Å². The minimum Gasteiger partial charge on any atom is -0.334 e. The summed E-state index contributed by atoms with van der Waals surface area (Å²) in [6.45, 7) is 0.576. The first-order valence-electron chi connectivity index (χ1n) is 3.91. The van der Waals surface area contributed by atoms with Crippen molar-refractivity contribution >= 4 is 11.0 Å². The Kier molecular flexibility index (Phi) is 2.68. The van der Waals surface area contributed by atoms with Crippen molar-refractivity contribution in [1.82, 2.24) is 9.55 Å². The van der Waals surface area contributed by atoms with Crippen LogP contribution < -0.4 is 5.73 Å². The Labute approximate surface area is 78.2 Å². The smallest absolute Gasteiger partial charge is 0.0955 e. The summed E-state index contributed by atoms with van der Waals surface area (Å²) >= 11 is 0. The predicted molar refractivity (Wildman–Crippen MR) is 55.3 cm³/mol. The van der Waals surface area contributed by atoms with Crippen molar-refractivity contribution in [3.63, 3.8) is 0 Å². The number of aryl methyl sites for hydroxylation is 1. The molecule has 0 saturated carbocycles. The molecule has 0 bridgehead atoms. The van der Waals surface area contributed by atoms with E-state index in [-0.39, 0.29) is 7.43 Å². The first-order chi connectivity index (χ1) is 5.81. The van der Waals surface area contributed by atoms with Crippen molar-refractivity contribution in [3.8, 4) is 0 Å². The molecule has 70 valence electrons. The summed E-state index contributed by atoms with van der Waals surface area (Å²) in [4.78, 5) is 4.23. The number of aromatic nitrogens is 2. The molecular formula is C10H15N3. The minimum atomic E-state index is 0. The van der Waals surface area contributed by atoms with Crippen LogP contribution in [0.5, 0.6) is 0 Å². The number of hydrogen-bond donors (Lipinski definition) is 1. The molecule has 0 aliphatic rings. The third-order valence-electron chi connectivity index (χ3n) is 2.03. The van der Waals surface area contributed by atoms with Gasteiger partial charge in [-0.25, -0.2) is 4.98 Å². The molecule has 2 rings (SSSR count). The summed E-state index contributed by atoms with van der Waals surface area (Å²) in [5, 5.41) is 0. The van der Waals surface area contributed by atoms with Crippen LogP contribution in [0.2, 0.25) is 0 Å². The van der Waals surface area contributed by atoms with Crippen LogP contribution in [0.25, 0.3) is 11.0 Å². The average Bonchev–Trinajstić information content (AvgIpc) is 2.47. The second-order valence-corrected chi connectivity index (χ2v) is 2.88. The lowest BCUT2D eigenvalue weighted by molar-refractivity contribution is 0.947. The summed E-state index contributed by atoms with van der Waals surface area (Å²) in [5.74, 6) is 0. The van der Waals surface area contributed by atoms with Crippen LogP contribution >= 0.6 is 0 Å². The Balaban J connectivity index is 0.000000845. The molecule has 2 aromatic rings. The van der Waals surface area contributed by atoms with E-state index in [0.717, 1.165) is 16.6 Å². The molecule has 0 unspecified atom stereocenters. The molecule has 1 aromatic heterocycles. The minimum absolute atomic E-state index is 0. The molecular weight excluding hydrogens is 162 g/mol. The summed E-state index contributed by atoms with van der Waals surface area (Å²) in [6.07, 6.45) is 1.81. The van der Waals surface area contributed by atoms with Gasteiger partial charge in [0, 0.05) is 13.6 Å². The standard InChI is InChI=1S/C9H11N3.CH4/c1-12-6-11-8-4-7(5-10)2-3-9(8)12;/h2-4,6H,5,10H2,1H3;1H4. The third-order valence-corrected chi connectivity index (χ3v) is 2.03. The van der Waals surface area contributed by atoms with Crippen LogP contribution in [0.3, 0.4) is 0 Å². The highest BCUT2D eigenvalue weighted by atomic mass is 15.0. The number of nitrogens with zero attached hydrogens (tertiary/aromatic N) is 2. The van der Waals surface area contributed by atoms with E-state index in [1.54, 1.807) is 0 Å². The maximum absolute atomic E-state index is 5.51. The second-order valence-electron chi connectivity index (χ2n) is 2.88. The van der Waals surface area contributed by atoms with Gasteiger partial charge in [0.1, 0.15) is 0 Å². The van der Waals surface area contributed by atoms with Crippen molar-refractivity contribution < 1.29 is 0 Å². The Morgan fingerprint density at radius 1 is 1.46 bits per heavy atom. The zero-order valence-electron chi connectivity index (χ0n) is 6.99. The van der Waals surface area contributed by atoms with Crippen LogP contribution in [0.1, 0.15) is 13.0 Å². The second kappa shape index (κ2) is 3.58. The maximum Gasteiger partial charge on any atom is 0.0955 e. The fraction of sp³-hybridized carbons (Fsp3) is 0.300. The number of rotatable bonds is 1. The first-order valence-corrected chi connectivity index (χ1v) is 3.91. The summed E-state index contributed by atoms with van der Waals surface area (Å²) in [6, 6.07) is 6.10. The van der Waals surface area contributed by atoms with E-state index in [4.69, 9.17) is 5.73 Å². The lowest BCUT2D eigenvalue weighted by Gasteiger charge is -1.96. The molecule has 1 heterocycles. The lowest BCUT2D eigenvalue weighted by Crippen LogP contribution is -1.95. The van der Waals surface area contributed by atoms with Gasteiger partial charge in [-0.05, 0) is 17.7 Å². The fourth-order valence-corrected chi connectivity index (χ4v) is 1.31. The summed E-state index contributed by atoms with van der Waals surface area (Å²) in [7, 11) is 1.98. The van der Waals surface area contributed by atoms with Gasteiger partial charge in [0.25, 0.3) is 0 Å². The normalized spacial score (nSPS) is 10.0. The molecule has 0 amide bonds. The highest BCUT2D eigenvalue weighted by molar-refractivity contribution is 5.75. The van der Waals surface area contributed by atoms with Gasteiger partial charge < -0.3 is 10.3 Å². The molecule has 1 aromatic carbocycles. The van der Waals surface area contributed by atoms with Gasteiger partial charge in [0.2, 0.25) is 0 Å². The summed E-state index contributed by atoms with van der Waals surface area (Å²) in [5.41, 5.74) is 8.80. The third kappa shape index (κ3) is 1.55. The van der Waals surface area contributed by atoms with E-state index in [9.17, 15) is 0 Å². The Morgan fingerprint density at radius 3 is 2.92 bits per heavy atom. The lowest BCUT2D eigenvalue weighted by atomic mass is 10.2. The number of hydrogen-bond acceptors (Lipinski definition) is 2. The quantitative estimate of drug-likeness (QED) is 0.720. The molecule has 0 saturated heterocycles. The van der Waals surface area contributed by atoms with Gasteiger partial charge in [-0.15, -0.1) is 0 Å². The van der Waals surface area contributed by atoms with E-state index in [0.29, 0.717) is 6.54 Å². The SMILES string of the molecule is C.Cn1cnc2cc(CN)ccc21. The number of imidazole rings is 1. The highest BCUT2D eigenvalue weighted by Gasteiger charge is 1.98. The van der Waals surface area contributed by atoms with E-state index in [1.807, 2.05) is 36.1 Å². The van der Waals surface area contributed by atoms with Gasteiger partial charge in [0.15, 0.2) is 0 Å². The topological polar surface area (TPSA) is 43.8 Å². The largest absolute Gasteiger partial charge is 0.334 e. The zero-order chi connectivity index (χ0) is 8.55. The van der Waals surface area contributed by atoms with Crippen LogP contribution in [0.15, 0.2) is 24.5 Å². The van der Waals surface area contributed by atoms with Crippen molar-refractivity contribution in [1.29, 1.82) is 0 Å². The fourth-order valence-electron chi connectivity index (χ4n) is 1.31. The van der Waals surface area contributed by atoms with Crippen molar-refractivity contribution in [2.75, 3.05) is 0 Å². The molecule has 0 aliphatic carbocycles. The molecule has 0 aliphatic heterocycles. The van der Waals surface area contributed by atoms with Gasteiger partial charge >= 0.3 is 0 Å². The Bertz CT molecular complexity index is 403. The van der Waals surface area contributed by atoms with Crippen molar-refractivity contribution in [2.45, 2.75) is 14.0 Å². The van der Waals surface area contributed by atoms with E-state index in [2.05, 4.69) is 4.98 Å². The van der Waals surface area contributed by atoms with Crippen molar-refractivity contribution in [3.05, 3.63) is 30.1 Å². The zero-order valence-corrected chi connectivity index (χ0v) is 6.99. The molecule has 0 fully saturated rings. The monoisotopic (exact) mass is 177 g/mol. The molecule has 3 heteroatoms. The molecule has 0 spiro atoms. The molecule has 2 N–H and O–H groups in total. The summed E-state index contributed by atoms with van der Waals surface area (Å²) < 4.78 is 2.00. The molecule has 0 radical (unpaired) electrons. The maximum atomic E-state index is 5.51. The number of benzene rings is 1. The van der Waals surface area contributed by atoms with Gasteiger partial charge in [-0.3, -0.25) is 0 Å². The average molecular weight is 177 g/mol. The van der Waals surface area contributed by atoms with Gasteiger partial charge in [-0.2, -0.15) is 0 Å². The van der Waals surface area contributed by atoms with Crippen LogP contribution in [-0.2, 0) is 13.6 Å². The van der Waals surface area contributed by atoms with Crippen LogP contribution in [0, 0.1) is 0 Å². The van der Waals surface area contributed by atoms with Crippen LogP contribution in [0.4, 0.5) is 0 Å². The first kappa shape index (κ1) is 9.74. The van der Waals surface area contributed by atoms with Crippen molar-refractivity contribution in [2.24, 2.45) is 12.8 Å². The van der Waals surface area contributed by atoms with E-state index >= 15 is 0 Å². The predicted octanol–water partition coefficient (Wildman–Crippen LogP) is 1.67. The number of nitrogens with two attached hydrogens (primary N) is 1. The molecule has 3 nitrogen and oxygen atoms in total. The van der Waals surface area contributed by atoms with E-state index in [1.165, 1.54) is 0 Å². The highest BCUT2D eigenvalue weighted by Crippen LogP contribution is 2.12. The Morgan fingerprint density at radius 2 is 2.23 bits per heavy atom. The Hall–Kier alpha value is -1.35. The van der Waals surface area contributed by atoms with E-state index < -0.39 is 0 Å². The molecule has 13 heavy (non-hydrogen) atoms.